The smallest absolute Gasteiger partial charge is 0.153 e. The van der Waals surface area contributed by atoms with Crippen molar-refractivity contribution in [3.8, 4) is 34.8 Å². The van der Waals surface area contributed by atoms with Crippen LogP contribution in [0.1, 0.15) is 55.4 Å². The molecule has 3 aromatic rings. The number of isothiocyanates is 1. The molecule has 0 radical (unpaired) electrons. The minimum absolute atomic E-state index is 0.228. The summed E-state index contributed by atoms with van der Waals surface area (Å²) in [5.74, 6) is 10.6. The molecule has 0 unspecified atom stereocenters. The van der Waals surface area contributed by atoms with Crippen LogP contribution in [-0.2, 0) is 6.42 Å². The van der Waals surface area contributed by atoms with Crippen molar-refractivity contribution in [3.63, 3.8) is 0 Å². The van der Waals surface area contributed by atoms with Crippen LogP contribution in [0.5, 0.6) is 0 Å². The van der Waals surface area contributed by atoms with Crippen LogP contribution >= 0.6 is 12.2 Å². The number of thiocarbonyl (C=S) groups is 1. The summed E-state index contributed by atoms with van der Waals surface area (Å²) >= 11 is 4.42. The highest BCUT2D eigenvalue weighted by molar-refractivity contribution is 7.78. The Morgan fingerprint density at radius 3 is 2.12 bits per heavy atom. The number of hydrogen-bond acceptors (Lipinski definition) is 2. The highest BCUT2D eigenvalue weighted by atomic mass is 32.1. The highest BCUT2D eigenvalue weighted by Crippen LogP contribution is 2.26. The van der Waals surface area contributed by atoms with E-state index in [2.05, 4.69) is 66.9 Å². The molecule has 0 aromatic heterocycles. The summed E-state index contributed by atoms with van der Waals surface area (Å²) in [6.07, 6.45) is 4.02. The number of aryl methyl sites for hydroxylation is 1. The lowest BCUT2D eigenvalue weighted by molar-refractivity contribution is 0.587. The van der Waals surface area contributed by atoms with Crippen molar-refractivity contribution in [2.45, 2.75) is 39.5 Å². The Bertz CT molecular complexity index is 1290. The van der Waals surface area contributed by atoms with E-state index in [9.17, 15) is 8.78 Å². The van der Waals surface area contributed by atoms with Crippen LogP contribution in [0.4, 0.5) is 14.5 Å². The Hall–Kier alpha value is -3.56. The first-order valence-electron chi connectivity index (χ1n) is 10.9. The molecular formula is C29H23F2NS. The number of nitrogens with zero attached hydrogens (tertiary/aromatic N) is 1. The van der Waals surface area contributed by atoms with E-state index < -0.39 is 17.3 Å². The van der Waals surface area contributed by atoms with Crippen molar-refractivity contribution in [2.24, 2.45) is 4.99 Å². The molecule has 1 nitrogen and oxygen atoms in total. The lowest BCUT2D eigenvalue weighted by Crippen LogP contribution is -1.90. The first-order chi connectivity index (χ1) is 16.0. The monoisotopic (exact) mass is 455 g/mol. The van der Waals surface area contributed by atoms with Gasteiger partial charge in [0.25, 0.3) is 0 Å². The highest BCUT2D eigenvalue weighted by Gasteiger charge is 2.09. The summed E-state index contributed by atoms with van der Waals surface area (Å²) in [5, 5.41) is 1.98. The first-order valence-corrected chi connectivity index (χ1v) is 11.3. The molecule has 0 aliphatic heterocycles. The molecule has 0 N–H and O–H groups in total. The predicted molar refractivity (Wildman–Crippen MR) is 135 cm³/mol. The van der Waals surface area contributed by atoms with Crippen LogP contribution in [0.15, 0.2) is 59.6 Å². The summed E-state index contributed by atoms with van der Waals surface area (Å²) in [7, 11) is 0. The van der Waals surface area contributed by atoms with Gasteiger partial charge >= 0.3 is 0 Å². The fourth-order valence-corrected chi connectivity index (χ4v) is 3.43. The van der Waals surface area contributed by atoms with Gasteiger partial charge in [0.1, 0.15) is 5.69 Å². The third-order valence-electron chi connectivity index (χ3n) is 5.10. The molecule has 3 rings (SSSR count). The van der Waals surface area contributed by atoms with Gasteiger partial charge in [0, 0.05) is 23.1 Å². The Morgan fingerprint density at radius 2 is 1.48 bits per heavy atom. The average Bonchev–Trinajstić information content (AvgIpc) is 2.83. The molecule has 0 saturated carbocycles. The van der Waals surface area contributed by atoms with Gasteiger partial charge in [-0.3, -0.25) is 0 Å². The van der Waals surface area contributed by atoms with E-state index in [-0.39, 0.29) is 5.56 Å². The van der Waals surface area contributed by atoms with Crippen LogP contribution in [0.25, 0.3) is 11.1 Å². The third kappa shape index (κ3) is 6.47. The van der Waals surface area contributed by atoms with E-state index in [4.69, 9.17) is 0 Å². The lowest BCUT2D eigenvalue weighted by Gasteiger charge is -2.09. The molecule has 0 atom stereocenters. The van der Waals surface area contributed by atoms with Crippen molar-refractivity contribution < 1.29 is 8.78 Å². The fourth-order valence-electron chi connectivity index (χ4n) is 3.34. The van der Waals surface area contributed by atoms with Crippen LogP contribution in [0, 0.1) is 35.3 Å². The number of unbranched alkanes of at least 4 members (excludes halogenated alkanes) is 2. The molecule has 4 heteroatoms. The van der Waals surface area contributed by atoms with E-state index in [1.165, 1.54) is 0 Å². The number of aliphatic imine (C=N–C) groups is 1. The molecule has 0 heterocycles. The maximum Gasteiger partial charge on any atom is 0.153 e. The van der Waals surface area contributed by atoms with Gasteiger partial charge < -0.3 is 0 Å². The molecule has 0 amide bonds. The molecule has 0 saturated heterocycles. The molecule has 0 fully saturated rings. The van der Waals surface area contributed by atoms with Crippen LogP contribution in [0.2, 0.25) is 0 Å². The fraction of sp³-hybridized carbons (Fsp3) is 0.207. The van der Waals surface area contributed by atoms with Gasteiger partial charge in [-0.2, -0.15) is 4.99 Å². The maximum atomic E-state index is 14.0. The van der Waals surface area contributed by atoms with Crippen molar-refractivity contribution in [2.75, 3.05) is 0 Å². The summed E-state index contributed by atoms with van der Waals surface area (Å²) in [4.78, 5) is 3.41. The number of halogens is 2. The zero-order chi connectivity index (χ0) is 23.6. The van der Waals surface area contributed by atoms with Crippen molar-refractivity contribution >= 4 is 23.1 Å². The maximum absolute atomic E-state index is 14.0. The number of rotatable bonds is 5. The van der Waals surface area contributed by atoms with Gasteiger partial charge in [0.2, 0.25) is 0 Å². The Morgan fingerprint density at radius 1 is 0.818 bits per heavy atom. The number of benzene rings is 3. The summed E-state index contributed by atoms with van der Waals surface area (Å²) in [6, 6.07) is 16.5. The molecule has 33 heavy (non-hydrogen) atoms. The molecule has 0 spiro atoms. The average molecular weight is 456 g/mol. The second-order valence-corrected chi connectivity index (χ2v) is 7.63. The Labute approximate surface area is 199 Å². The largest absolute Gasteiger partial charge is 0.204 e. The van der Waals surface area contributed by atoms with Gasteiger partial charge in [-0.15, -0.1) is 0 Å². The van der Waals surface area contributed by atoms with Gasteiger partial charge in [-0.05, 0) is 78.1 Å². The second-order valence-electron chi connectivity index (χ2n) is 7.45. The molecule has 0 aliphatic carbocycles. The summed E-state index contributed by atoms with van der Waals surface area (Å²) in [5.41, 5.74) is 4.95. The van der Waals surface area contributed by atoms with Gasteiger partial charge in [-0.25, -0.2) is 8.78 Å². The zero-order valence-corrected chi connectivity index (χ0v) is 19.5. The van der Waals surface area contributed by atoms with E-state index in [1.807, 2.05) is 35.5 Å². The van der Waals surface area contributed by atoms with Gasteiger partial charge in [-0.1, -0.05) is 62.1 Å². The minimum Gasteiger partial charge on any atom is -0.204 e. The normalized spacial score (nSPS) is 9.82. The van der Waals surface area contributed by atoms with E-state index in [1.54, 1.807) is 0 Å². The minimum atomic E-state index is -0.820. The van der Waals surface area contributed by atoms with Crippen molar-refractivity contribution in [3.05, 3.63) is 88.5 Å². The predicted octanol–water partition coefficient (Wildman–Crippen LogP) is 7.87. The van der Waals surface area contributed by atoms with Crippen LogP contribution in [-0.4, -0.2) is 5.16 Å². The van der Waals surface area contributed by atoms with Gasteiger partial charge in [0.05, 0.1) is 5.16 Å². The summed E-state index contributed by atoms with van der Waals surface area (Å²) in [6.45, 7) is 4.25. The molecule has 0 bridgehead atoms. The second kappa shape index (κ2) is 11.9. The zero-order valence-electron chi connectivity index (χ0n) is 18.6. The van der Waals surface area contributed by atoms with E-state index in [0.29, 0.717) is 0 Å². The SMILES string of the molecule is CCCCC#Cc1ccc(-c2ccc(C#Cc3cc(F)c(N=C=S)c(F)c3)cc2CC)cc1. The molecule has 3 aromatic carbocycles. The molecule has 0 aliphatic rings. The summed E-state index contributed by atoms with van der Waals surface area (Å²) < 4.78 is 28.0. The Kier molecular flexibility index (Phi) is 8.68. The van der Waals surface area contributed by atoms with Crippen molar-refractivity contribution in [1.82, 2.24) is 0 Å². The Balaban J connectivity index is 1.84. The number of hydrogen-bond donors (Lipinski definition) is 0. The van der Waals surface area contributed by atoms with Crippen LogP contribution in [0.3, 0.4) is 0 Å². The topological polar surface area (TPSA) is 12.4 Å². The van der Waals surface area contributed by atoms with Gasteiger partial charge in [0.15, 0.2) is 11.6 Å². The molecular weight excluding hydrogens is 432 g/mol. The van der Waals surface area contributed by atoms with Crippen molar-refractivity contribution in [1.29, 1.82) is 0 Å². The third-order valence-corrected chi connectivity index (χ3v) is 5.19. The van der Waals surface area contributed by atoms with E-state index >= 15 is 0 Å². The van der Waals surface area contributed by atoms with E-state index in [0.717, 1.165) is 65.6 Å². The van der Waals surface area contributed by atoms with Crippen LogP contribution < -0.4 is 0 Å². The first kappa shape index (κ1) is 24.1. The standard InChI is InChI=1S/C29H23F2NS/c1-3-5-6-7-8-21-11-14-25(15-12-21)26-16-13-22(17-24(26)4-2)9-10-23-18-27(30)29(32-20-33)28(31)19-23/h11-19H,3-6H2,1-2H3. The quantitative estimate of drug-likeness (QED) is 0.165. The lowest BCUT2D eigenvalue weighted by atomic mass is 9.95. The molecule has 164 valence electrons.